The van der Waals surface area contributed by atoms with E-state index in [0.29, 0.717) is 5.76 Å². The molecule has 0 saturated heterocycles. The van der Waals surface area contributed by atoms with Crippen LogP contribution >= 0.6 is 0 Å². The van der Waals surface area contributed by atoms with Gasteiger partial charge in [-0.1, -0.05) is 48.5 Å². The fourth-order valence-electron chi connectivity index (χ4n) is 2.43. The average molecular weight is 341 g/mol. The van der Waals surface area contributed by atoms with Crippen molar-refractivity contribution >= 4 is 27.1 Å². The second kappa shape index (κ2) is 6.63. The van der Waals surface area contributed by atoms with E-state index in [4.69, 9.17) is 4.42 Å². The summed E-state index contributed by atoms with van der Waals surface area (Å²) < 4.78 is 32.2. The van der Waals surface area contributed by atoms with Gasteiger partial charge in [-0.3, -0.25) is 0 Å². The zero-order chi connectivity index (χ0) is 17.2. The van der Waals surface area contributed by atoms with Gasteiger partial charge in [0.05, 0.1) is 6.04 Å². The molecule has 1 aromatic heterocycles. The number of hydrogen-bond donors (Lipinski definition) is 0. The third-order valence-electron chi connectivity index (χ3n) is 4.04. The van der Waals surface area contributed by atoms with Crippen molar-refractivity contribution in [2.45, 2.75) is 13.0 Å². The van der Waals surface area contributed by atoms with Crippen molar-refractivity contribution in [2.75, 3.05) is 7.05 Å². The van der Waals surface area contributed by atoms with E-state index in [9.17, 15) is 8.42 Å². The van der Waals surface area contributed by atoms with Crippen LogP contribution in [-0.4, -0.2) is 19.8 Å². The maximum absolute atomic E-state index is 12.5. The third kappa shape index (κ3) is 3.42. The fourth-order valence-corrected chi connectivity index (χ4v) is 3.50. The van der Waals surface area contributed by atoms with Gasteiger partial charge < -0.3 is 4.42 Å². The van der Waals surface area contributed by atoms with E-state index in [1.165, 1.54) is 9.71 Å². The van der Waals surface area contributed by atoms with Crippen molar-refractivity contribution in [3.05, 3.63) is 77.4 Å². The first-order chi connectivity index (χ1) is 11.5. The molecular weight excluding hydrogens is 322 g/mol. The van der Waals surface area contributed by atoms with Gasteiger partial charge in [-0.05, 0) is 30.7 Å². The molecular formula is C19H19NO3S. The second-order valence-corrected chi connectivity index (χ2v) is 7.52. The van der Waals surface area contributed by atoms with Crippen molar-refractivity contribution < 1.29 is 12.8 Å². The summed E-state index contributed by atoms with van der Waals surface area (Å²) >= 11 is 0. The highest BCUT2D eigenvalue weighted by Crippen LogP contribution is 2.28. The molecule has 1 heterocycles. The lowest BCUT2D eigenvalue weighted by Gasteiger charge is -2.20. The summed E-state index contributed by atoms with van der Waals surface area (Å²) in [6.45, 7) is 1.81. The van der Waals surface area contributed by atoms with Gasteiger partial charge in [-0.15, -0.1) is 0 Å². The van der Waals surface area contributed by atoms with Crippen LogP contribution in [0, 0.1) is 0 Å². The summed E-state index contributed by atoms with van der Waals surface area (Å²) in [5.41, 5.74) is 1.59. The first kappa shape index (κ1) is 16.5. The standard InChI is InChI=1S/C19H19NO3S/c1-15(19-14-17-10-6-7-11-18(17)23-19)20(2)24(21,22)13-12-16-8-4-3-5-9-16/h3-15H,1-2H3. The Morgan fingerprint density at radius 3 is 2.42 bits per heavy atom. The Bertz CT molecular complexity index is 925. The van der Waals surface area contributed by atoms with E-state index in [1.807, 2.05) is 67.6 Å². The molecule has 0 bridgehead atoms. The number of hydrogen-bond acceptors (Lipinski definition) is 3. The average Bonchev–Trinajstić information content (AvgIpc) is 3.04. The summed E-state index contributed by atoms with van der Waals surface area (Å²) in [5.74, 6) is 0.621. The first-order valence-electron chi connectivity index (χ1n) is 7.67. The summed E-state index contributed by atoms with van der Waals surface area (Å²) in [7, 11) is -1.99. The molecule has 3 rings (SSSR count). The van der Waals surface area contributed by atoms with E-state index in [-0.39, 0.29) is 0 Å². The van der Waals surface area contributed by atoms with E-state index < -0.39 is 16.1 Å². The van der Waals surface area contributed by atoms with Gasteiger partial charge in [-0.25, -0.2) is 8.42 Å². The maximum Gasteiger partial charge on any atom is 0.236 e. The molecule has 24 heavy (non-hydrogen) atoms. The quantitative estimate of drug-likeness (QED) is 0.690. The molecule has 0 fully saturated rings. The van der Waals surface area contributed by atoms with Crippen molar-refractivity contribution in [1.82, 2.24) is 4.31 Å². The molecule has 2 aromatic carbocycles. The summed E-state index contributed by atoms with van der Waals surface area (Å²) in [4.78, 5) is 0. The van der Waals surface area contributed by atoms with Crippen LogP contribution in [0.5, 0.6) is 0 Å². The number of sulfonamides is 1. The van der Waals surface area contributed by atoms with Gasteiger partial charge in [-0.2, -0.15) is 4.31 Å². The van der Waals surface area contributed by atoms with Crippen molar-refractivity contribution in [3.8, 4) is 0 Å². The van der Waals surface area contributed by atoms with Gasteiger partial charge in [0.1, 0.15) is 11.3 Å². The highest BCUT2D eigenvalue weighted by atomic mass is 32.2. The van der Waals surface area contributed by atoms with Crippen LogP contribution in [0.4, 0.5) is 0 Å². The summed E-state index contributed by atoms with van der Waals surface area (Å²) in [5, 5.41) is 2.19. The topological polar surface area (TPSA) is 50.5 Å². The Kier molecular flexibility index (Phi) is 4.55. The Morgan fingerprint density at radius 1 is 1.04 bits per heavy atom. The molecule has 0 saturated carbocycles. The summed E-state index contributed by atoms with van der Waals surface area (Å²) in [6.07, 6.45) is 1.59. The lowest BCUT2D eigenvalue weighted by Crippen LogP contribution is -2.27. The van der Waals surface area contributed by atoms with E-state index >= 15 is 0 Å². The lowest BCUT2D eigenvalue weighted by molar-refractivity contribution is 0.352. The highest BCUT2D eigenvalue weighted by molar-refractivity contribution is 7.92. The molecule has 1 unspecified atom stereocenters. The minimum absolute atomic E-state index is 0.400. The molecule has 124 valence electrons. The van der Waals surface area contributed by atoms with Crippen molar-refractivity contribution in [3.63, 3.8) is 0 Å². The van der Waals surface area contributed by atoms with Crippen LogP contribution in [0.15, 0.2) is 70.5 Å². The van der Waals surface area contributed by atoms with Crippen LogP contribution in [0.3, 0.4) is 0 Å². The smallest absolute Gasteiger partial charge is 0.236 e. The minimum Gasteiger partial charge on any atom is -0.459 e. The van der Waals surface area contributed by atoms with Gasteiger partial charge in [0.2, 0.25) is 10.0 Å². The summed E-state index contributed by atoms with van der Waals surface area (Å²) in [6, 6.07) is 18.5. The fraction of sp³-hybridized carbons (Fsp3) is 0.158. The SMILES string of the molecule is CC(c1cc2ccccc2o1)N(C)S(=O)(=O)C=Cc1ccccc1. The molecule has 0 aliphatic rings. The zero-order valence-corrected chi connectivity index (χ0v) is 14.4. The lowest BCUT2D eigenvalue weighted by atomic mass is 10.2. The molecule has 0 N–H and O–H groups in total. The van der Waals surface area contributed by atoms with Crippen molar-refractivity contribution in [1.29, 1.82) is 0 Å². The zero-order valence-electron chi connectivity index (χ0n) is 13.6. The highest BCUT2D eigenvalue weighted by Gasteiger charge is 2.24. The van der Waals surface area contributed by atoms with E-state index in [2.05, 4.69) is 0 Å². The number of furan rings is 1. The second-order valence-electron chi connectivity index (χ2n) is 5.64. The van der Waals surface area contributed by atoms with E-state index in [1.54, 1.807) is 13.1 Å². The number of rotatable bonds is 5. The first-order valence-corrected chi connectivity index (χ1v) is 9.17. The van der Waals surface area contributed by atoms with Crippen LogP contribution in [-0.2, 0) is 10.0 Å². The minimum atomic E-state index is -3.55. The van der Waals surface area contributed by atoms with Crippen LogP contribution in [0.2, 0.25) is 0 Å². The van der Waals surface area contributed by atoms with Crippen LogP contribution in [0.25, 0.3) is 17.0 Å². The Hall–Kier alpha value is -2.37. The van der Waals surface area contributed by atoms with Gasteiger partial charge >= 0.3 is 0 Å². The van der Waals surface area contributed by atoms with Crippen LogP contribution in [0.1, 0.15) is 24.3 Å². The van der Waals surface area contributed by atoms with Crippen molar-refractivity contribution in [2.24, 2.45) is 0 Å². The number of fused-ring (bicyclic) bond motifs is 1. The Morgan fingerprint density at radius 2 is 1.71 bits per heavy atom. The molecule has 4 nitrogen and oxygen atoms in total. The van der Waals surface area contributed by atoms with Crippen LogP contribution < -0.4 is 0 Å². The van der Waals surface area contributed by atoms with Gasteiger partial charge in [0.25, 0.3) is 0 Å². The van der Waals surface area contributed by atoms with Gasteiger partial charge in [0, 0.05) is 17.8 Å². The Balaban J connectivity index is 1.83. The largest absolute Gasteiger partial charge is 0.459 e. The number of para-hydroxylation sites is 1. The van der Waals surface area contributed by atoms with Gasteiger partial charge in [0.15, 0.2) is 0 Å². The maximum atomic E-state index is 12.5. The molecule has 1 atom stereocenters. The predicted octanol–water partition coefficient (Wildman–Crippen LogP) is 4.43. The Labute approximate surface area is 142 Å². The number of benzene rings is 2. The molecule has 5 heteroatoms. The normalized spacial score (nSPS) is 13.8. The predicted molar refractivity (Wildman–Crippen MR) is 96.8 cm³/mol. The molecule has 0 radical (unpaired) electrons. The molecule has 0 aliphatic heterocycles. The molecule has 0 spiro atoms. The van der Waals surface area contributed by atoms with E-state index in [0.717, 1.165) is 16.5 Å². The monoisotopic (exact) mass is 341 g/mol. The number of nitrogens with zero attached hydrogens (tertiary/aromatic N) is 1. The molecule has 3 aromatic rings. The molecule has 0 amide bonds. The third-order valence-corrected chi connectivity index (χ3v) is 5.63. The molecule has 0 aliphatic carbocycles.